The van der Waals surface area contributed by atoms with Crippen molar-refractivity contribution in [2.45, 2.75) is 39.9 Å². The fourth-order valence-electron chi connectivity index (χ4n) is 2.03. The third kappa shape index (κ3) is 4.39. The molecule has 0 spiro atoms. The summed E-state index contributed by atoms with van der Waals surface area (Å²) in [6.45, 7) is 7.02. The van der Waals surface area contributed by atoms with E-state index in [0.29, 0.717) is 6.54 Å². The molecule has 1 aromatic heterocycles. The summed E-state index contributed by atoms with van der Waals surface area (Å²) in [5, 5.41) is 14.7. The zero-order valence-corrected chi connectivity index (χ0v) is 12.6. The molecule has 1 unspecified atom stereocenters. The molecule has 21 heavy (non-hydrogen) atoms. The number of anilines is 1. The maximum atomic E-state index is 11.1. The van der Waals surface area contributed by atoms with Gasteiger partial charge in [0.25, 0.3) is 0 Å². The molecule has 1 aromatic carbocycles. The number of benzene rings is 1. The number of carbonyl (C=O) groups is 1. The van der Waals surface area contributed by atoms with E-state index in [2.05, 4.69) is 27.8 Å². The minimum atomic E-state index is -0.0658. The fraction of sp³-hybridized carbons (Fsp3) is 0.400. The molecule has 0 saturated carbocycles. The molecule has 0 aliphatic rings. The van der Waals surface area contributed by atoms with Gasteiger partial charge in [0.2, 0.25) is 5.91 Å². The van der Waals surface area contributed by atoms with Gasteiger partial charge in [0.05, 0.1) is 18.4 Å². The van der Waals surface area contributed by atoms with Crippen molar-refractivity contribution in [3.63, 3.8) is 0 Å². The summed E-state index contributed by atoms with van der Waals surface area (Å²) in [7, 11) is 0. The van der Waals surface area contributed by atoms with Crippen LogP contribution in [0.4, 0.5) is 5.69 Å². The Bertz CT molecular complexity index is 608. The van der Waals surface area contributed by atoms with E-state index in [9.17, 15) is 4.79 Å². The van der Waals surface area contributed by atoms with Crippen LogP contribution in [0.15, 0.2) is 30.5 Å². The summed E-state index contributed by atoms with van der Waals surface area (Å²) >= 11 is 0. The van der Waals surface area contributed by atoms with Crippen LogP contribution < -0.4 is 10.6 Å². The van der Waals surface area contributed by atoms with E-state index in [1.165, 1.54) is 6.92 Å². The molecular weight excluding hydrogens is 266 g/mol. The largest absolute Gasteiger partial charge is 0.326 e. The number of nitrogens with zero attached hydrogens (tertiary/aromatic N) is 3. The summed E-state index contributed by atoms with van der Waals surface area (Å²) < 4.78 is 0. The molecule has 112 valence electrons. The predicted octanol–water partition coefficient (Wildman–Crippen LogP) is 2.11. The normalized spacial score (nSPS) is 12.1. The van der Waals surface area contributed by atoms with Crippen LogP contribution in [-0.4, -0.2) is 20.9 Å². The van der Waals surface area contributed by atoms with Gasteiger partial charge in [-0.3, -0.25) is 4.79 Å². The molecule has 0 bridgehead atoms. The summed E-state index contributed by atoms with van der Waals surface area (Å²) in [5.41, 5.74) is 2.84. The monoisotopic (exact) mass is 287 g/mol. The lowest BCUT2D eigenvalue weighted by Crippen LogP contribution is -2.19. The summed E-state index contributed by atoms with van der Waals surface area (Å²) in [6, 6.07) is 7.98. The van der Waals surface area contributed by atoms with Gasteiger partial charge in [-0.05, 0) is 31.5 Å². The van der Waals surface area contributed by atoms with Crippen molar-refractivity contribution >= 4 is 11.6 Å². The topological polar surface area (TPSA) is 71.8 Å². The second kappa shape index (κ2) is 6.99. The van der Waals surface area contributed by atoms with Crippen LogP contribution >= 0.6 is 0 Å². The van der Waals surface area contributed by atoms with Gasteiger partial charge in [0.1, 0.15) is 0 Å². The number of nitrogens with one attached hydrogen (secondary N) is 2. The first-order chi connectivity index (χ1) is 10.1. The van der Waals surface area contributed by atoms with Gasteiger partial charge >= 0.3 is 0 Å². The van der Waals surface area contributed by atoms with Crippen LogP contribution in [0.3, 0.4) is 0 Å². The van der Waals surface area contributed by atoms with Crippen molar-refractivity contribution < 1.29 is 4.79 Å². The molecule has 0 aliphatic carbocycles. The number of rotatable bonds is 6. The predicted molar refractivity (Wildman–Crippen MR) is 81.7 cm³/mol. The highest BCUT2D eigenvalue weighted by Gasteiger charge is 2.07. The minimum absolute atomic E-state index is 0.0658. The molecule has 0 fully saturated rings. The number of hydrogen-bond donors (Lipinski definition) is 2. The fourth-order valence-corrected chi connectivity index (χ4v) is 2.03. The Labute approximate surface area is 124 Å². The highest BCUT2D eigenvalue weighted by Crippen LogP contribution is 2.17. The first kappa shape index (κ1) is 15.2. The quantitative estimate of drug-likeness (QED) is 0.853. The SMILES string of the molecule is CCn1ncc(CNC(C)c2cccc(NC(C)=O)c2)n1. The molecule has 6 nitrogen and oxygen atoms in total. The Hall–Kier alpha value is -2.21. The van der Waals surface area contributed by atoms with Crippen LogP contribution in [0, 0.1) is 0 Å². The average Bonchev–Trinajstić information content (AvgIpc) is 2.92. The van der Waals surface area contributed by atoms with Gasteiger partial charge in [-0.25, -0.2) is 0 Å². The van der Waals surface area contributed by atoms with Crippen LogP contribution in [-0.2, 0) is 17.9 Å². The van der Waals surface area contributed by atoms with E-state index in [-0.39, 0.29) is 11.9 Å². The van der Waals surface area contributed by atoms with E-state index in [1.807, 2.05) is 31.2 Å². The van der Waals surface area contributed by atoms with Crippen molar-refractivity contribution in [2.75, 3.05) is 5.32 Å². The summed E-state index contributed by atoms with van der Waals surface area (Å²) in [6.07, 6.45) is 1.77. The Balaban J connectivity index is 1.96. The van der Waals surface area contributed by atoms with E-state index in [0.717, 1.165) is 23.5 Å². The van der Waals surface area contributed by atoms with Gasteiger partial charge in [0.15, 0.2) is 0 Å². The van der Waals surface area contributed by atoms with Crippen LogP contribution in [0.1, 0.15) is 38.1 Å². The van der Waals surface area contributed by atoms with Gasteiger partial charge in [-0.15, -0.1) is 0 Å². The second-order valence-corrected chi connectivity index (χ2v) is 4.93. The van der Waals surface area contributed by atoms with Crippen molar-refractivity contribution in [1.82, 2.24) is 20.3 Å². The molecule has 1 heterocycles. The lowest BCUT2D eigenvalue weighted by atomic mass is 10.1. The summed E-state index contributed by atoms with van der Waals surface area (Å²) in [5.74, 6) is -0.0658. The van der Waals surface area contributed by atoms with E-state index in [4.69, 9.17) is 0 Å². The van der Waals surface area contributed by atoms with Crippen molar-refractivity contribution in [1.29, 1.82) is 0 Å². The number of hydrogen-bond acceptors (Lipinski definition) is 4. The van der Waals surface area contributed by atoms with Crippen molar-refractivity contribution in [2.24, 2.45) is 0 Å². The molecule has 6 heteroatoms. The third-order valence-electron chi connectivity index (χ3n) is 3.16. The standard InChI is InChI=1S/C15H21N5O/c1-4-20-17-10-15(19-20)9-16-11(2)13-6-5-7-14(8-13)18-12(3)21/h5-8,10-11,16H,4,9H2,1-3H3,(H,18,21). The second-order valence-electron chi connectivity index (χ2n) is 4.93. The van der Waals surface area contributed by atoms with Crippen molar-refractivity contribution in [3.8, 4) is 0 Å². The van der Waals surface area contributed by atoms with Gasteiger partial charge < -0.3 is 10.6 Å². The number of carbonyl (C=O) groups excluding carboxylic acids is 1. The zero-order chi connectivity index (χ0) is 15.2. The van der Waals surface area contributed by atoms with Gasteiger partial charge in [-0.1, -0.05) is 12.1 Å². The van der Waals surface area contributed by atoms with E-state index < -0.39 is 0 Å². The maximum absolute atomic E-state index is 11.1. The minimum Gasteiger partial charge on any atom is -0.326 e. The average molecular weight is 287 g/mol. The molecule has 1 amide bonds. The van der Waals surface area contributed by atoms with Crippen LogP contribution in [0.25, 0.3) is 0 Å². The van der Waals surface area contributed by atoms with E-state index >= 15 is 0 Å². The van der Waals surface area contributed by atoms with Crippen molar-refractivity contribution in [3.05, 3.63) is 41.7 Å². The number of aryl methyl sites for hydroxylation is 1. The van der Waals surface area contributed by atoms with Gasteiger partial charge in [-0.2, -0.15) is 15.0 Å². The smallest absolute Gasteiger partial charge is 0.221 e. The molecule has 2 N–H and O–H groups in total. The molecule has 0 saturated heterocycles. The molecule has 1 atom stereocenters. The highest BCUT2D eigenvalue weighted by atomic mass is 16.1. The lowest BCUT2D eigenvalue weighted by Gasteiger charge is -2.14. The lowest BCUT2D eigenvalue weighted by molar-refractivity contribution is -0.114. The zero-order valence-electron chi connectivity index (χ0n) is 12.6. The maximum Gasteiger partial charge on any atom is 0.221 e. The van der Waals surface area contributed by atoms with E-state index in [1.54, 1.807) is 11.0 Å². The first-order valence-corrected chi connectivity index (χ1v) is 7.08. The molecule has 2 rings (SSSR count). The molecular formula is C15H21N5O. The Morgan fingerprint density at radius 2 is 2.24 bits per heavy atom. The number of aromatic nitrogens is 3. The Morgan fingerprint density at radius 3 is 2.90 bits per heavy atom. The third-order valence-corrected chi connectivity index (χ3v) is 3.16. The van der Waals surface area contributed by atoms with Crippen LogP contribution in [0.5, 0.6) is 0 Å². The summed E-state index contributed by atoms with van der Waals surface area (Å²) in [4.78, 5) is 12.8. The molecule has 0 radical (unpaired) electrons. The Morgan fingerprint density at radius 1 is 1.43 bits per heavy atom. The van der Waals surface area contributed by atoms with Crippen LogP contribution in [0.2, 0.25) is 0 Å². The first-order valence-electron chi connectivity index (χ1n) is 7.08. The van der Waals surface area contributed by atoms with Gasteiger partial charge in [0, 0.05) is 25.2 Å². The Kier molecular flexibility index (Phi) is 5.05. The number of amides is 1. The molecule has 2 aromatic rings. The highest BCUT2D eigenvalue weighted by molar-refractivity contribution is 5.88. The molecule has 0 aliphatic heterocycles.